The first kappa shape index (κ1) is 12.0. The highest BCUT2D eigenvalue weighted by Gasteiger charge is 2.16. The zero-order chi connectivity index (χ0) is 14.4. The minimum absolute atomic E-state index is 0.751. The number of fused-ring (bicyclic) bond motifs is 3. The highest BCUT2D eigenvalue weighted by atomic mass is 15.3. The van der Waals surface area contributed by atoms with Gasteiger partial charge in [-0.1, -0.05) is 6.07 Å². The molecule has 0 aliphatic rings. The summed E-state index contributed by atoms with van der Waals surface area (Å²) in [4.78, 5) is 13.1. The lowest BCUT2D eigenvalue weighted by molar-refractivity contribution is 0.783. The maximum atomic E-state index is 4.56. The molecule has 0 aliphatic carbocycles. The number of hydrogen-bond acceptors (Lipinski definition) is 4. The van der Waals surface area contributed by atoms with Gasteiger partial charge in [0.05, 0.1) is 11.9 Å². The molecule has 0 amide bonds. The van der Waals surface area contributed by atoms with Crippen molar-refractivity contribution in [3.8, 4) is 0 Å². The minimum Gasteiger partial charge on any atom is -0.325 e. The highest BCUT2D eigenvalue weighted by molar-refractivity contribution is 5.93. The average molecular weight is 278 g/mol. The van der Waals surface area contributed by atoms with Crippen LogP contribution >= 0.6 is 0 Å². The van der Waals surface area contributed by atoms with Crippen LogP contribution in [0, 0.1) is 13.8 Å². The van der Waals surface area contributed by atoms with E-state index in [4.69, 9.17) is 0 Å². The Morgan fingerprint density at radius 2 is 2.05 bits per heavy atom. The molecule has 0 aliphatic heterocycles. The van der Waals surface area contributed by atoms with Crippen LogP contribution in [0.3, 0.4) is 0 Å². The largest absolute Gasteiger partial charge is 0.325 e. The van der Waals surface area contributed by atoms with E-state index >= 15 is 0 Å². The van der Waals surface area contributed by atoms with Crippen molar-refractivity contribution in [1.82, 2.24) is 29.1 Å². The number of aromatic nitrogens is 6. The van der Waals surface area contributed by atoms with Gasteiger partial charge in [-0.25, -0.2) is 14.5 Å². The summed E-state index contributed by atoms with van der Waals surface area (Å²) in [5.74, 6) is 0. The Hall–Kier alpha value is -2.76. The molecule has 0 saturated heterocycles. The Labute approximate surface area is 121 Å². The molecular weight excluding hydrogens is 264 g/mol. The van der Waals surface area contributed by atoms with Gasteiger partial charge in [-0.2, -0.15) is 5.10 Å². The van der Waals surface area contributed by atoms with E-state index in [0.717, 1.165) is 28.8 Å². The number of rotatable bonds is 2. The lowest BCUT2D eigenvalue weighted by Gasteiger charge is -2.07. The Balaban J connectivity index is 1.99. The molecule has 6 nitrogen and oxygen atoms in total. The topological polar surface area (TPSA) is 60.9 Å². The first-order valence-corrected chi connectivity index (χ1v) is 6.78. The van der Waals surface area contributed by atoms with Crippen molar-refractivity contribution in [2.24, 2.45) is 0 Å². The summed E-state index contributed by atoms with van der Waals surface area (Å²) in [6, 6.07) is 4.02. The number of pyridine rings is 1. The Bertz CT molecular complexity index is 935. The molecule has 0 saturated carbocycles. The van der Waals surface area contributed by atoms with Crippen molar-refractivity contribution in [3.63, 3.8) is 0 Å². The molecule has 0 aromatic carbocycles. The summed E-state index contributed by atoms with van der Waals surface area (Å²) in [6.45, 7) is 4.97. The van der Waals surface area contributed by atoms with E-state index in [1.54, 1.807) is 23.4 Å². The third-order valence-electron chi connectivity index (χ3n) is 3.95. The number of aryl methyl sites for hydroxylation is 1. The van der Waals surface area contributed by atoms with Crippen LogP contribution in [0.1, 0.15) is 16.8 Å². The van der Waals surface area contributed by atoms with Crippen LogP contribution in [0.15, 0.2) is 37.2 Å². The Kier molecular flexibility index (Phi) is 2.50. The summed E-state index contributed by atoms with van der Waals surface area (Å²) < 4.78 is 3.92. The van der Waals surface area contributed by atoms with Crippen molar-refractivity contribution in [3.05, 3.63) is 54.0 Å². The molecule has 4 aromatic heterocycles. The van der Waals surface area contributed by atoms with E-state index < -0.39 is 0 Å². The van der Waals surface area contributed by atoms with Crippen molar-refractivity contribution >= 4 is 16.7 Å². The second kappa shape index (κ2) is 4.37. The van der Waals surface area contributed by atoms with Gasteiger partial charge in [0, 0.05) is 18.1 Å². The third kappa shape index (κ3) is 1.72. The summed E-state index contributed by atoms with van der Waals surface area (Å²) >= 11 is 0. The zero-order valence-electron chi connectivity index (χ0n) is 11.9. The van der Waals surface area contributed by atoms with Gasteiger partial charge in [-0.15, -0.1) is 0 Å². The maximum absolute atomic E-state index is 4.56. The van der Waals surface area contributed by atoms with Crippen LogP contribution < -0.4 is 0 Å². The standard InChI is InChI=1S/C15H14N6/c1-10-11(2)20(7-12-4-3-5-16-6-12)14-13(10)15-17-8-19-21(15)9-18-14/h3-6,8-9H,7H2,1-2H3. The molecular formula is C15H14N6. The van der Waals surface area contributed by atoms with Gasteiger partial charge in [0.1, 0.15) is 18.3 Å². The molecule has 4 aromatic rings. The fourth-order valence-electron chi connectivity index (χ4n) is 2.74. The SMILES string of the molecule is Cc1c(C)n(Cc2cccnc2)c2ncn3ncnc3c12. The molecule has 4 heterocycles. The van der Waals surface area contributed by atoms with E-state index in [1.165, 1.54) is 11.3 Å². The van der Waals surface area contributed by atoms with Crippen molar-refractivity contribution in [2.75, 3.05) is 0 Å². The van der Waals surface area contributed by atoms with Crippen molar-refractivity contribution in [1.29, 1.82) is 0 Å². The average Bonchev–Trinajstić information content (AvgIpc) is 3.07. The predicted molar refractivity (Wildman–Crippen MR) is 79.1 cm³/mol. The molecule has 0 spiro atoms. The van der Waals surface area contributed by atoms with Crippen molar-refractivity contribution < 1.29 is 0 Å². The van der Waals surface area contributed by atoms with Gasteiger partial charge in [-0.3, -0.25) is 4.98 Å². The van der Waals surface area contributed by atoms with E-state index in [9.17, 15) is 0 Å². The number of hydrogen-bond donors (Lipinski definition) is 0. The van der Waals surface area contributed by atoms with Crippen LogP contribution in [0.4, 0.5) is 0 Å². The molecule has 0 fully saturated rings. The quantitative estimate of drug-likeness (QED) is 0.563. The first-order valence-electron chi connectivity index (χ1n) is 6.78. The lowest BCUT2D eigenvalue weighted by atomic mass is 10.2. The molecule has 21 heavy (non-hydrogen) atoms. The summed E-state index contributed by atoms with van der Waals surface area (Å²) in [7, 11) is 0. The molecule has 0 bridgehead atoms. The fraction of sp³-hybridized carbons (Fsp3) is 0.200. The van der Waals surface area contributed by atoms with Crippen molar-refractivity contribution in [2.45, 2.75) is 20.4 Å². The Morgan fingerprint density at radius 1 is 1.14 bits per heavy atom. The van der Waals surface area contributed by atoms with Gasteiger partial charge in [-0.05, 0) is 31.0 Å². The molecule has 0 N–H and O–H groups in total. The van der Waals surface area contributed by atoms with E-state index in [2.05, 4.69) is 44.5 Å². The van der Waals surface area contributed by atoms with Crippen LogP contribution in [-0.4, -0.2) is 29.1 Å². The Morgan fingerprint density at radius 3 is 2.86 bits per heavy atom. The van der Waals surface area contributed by atoms with Crippen LogP contribution in [-0.2, 0) is 6.54 Å². The summed E-state index contributed by atoms with van der Waals surface area (Å²) in [5.41, 5.74) is 5.33. The first-order chi connectivity index (χ1) is 10.3. The van der Waals surface area contributed by atoms with E-state index in [-0.39, 0.29) is 0 Å². The summed E-state index contributed by atoms with van der Waals surface area (Å²) in [6.07, 6.45) is 6.94. The van der Waals surface area contributed by atoms with Crippen LogP contribution in [0.25, 0.3) is 16.7 Å². The zero-order valence-corrected chi connectivity index (χ0v) is 11.9. The summed E-state index contributed by atoms with van der Waals surface area (Å²) in [5, 5.41) is 5.22. The molecule has 6 heteroatoms. The van der Waals surface area contributed by atoms with E-state index in [1.807, 2.05) is 12.3 Å². The normalized spacial score (nSPS) is 11.5. The molecule has 4 rings (SSSR count). The molecule has 0 radical (unpaired) electrons. The predicted octanol–water partition coefficient (Wildman–Crippen LogP) is 2.14. The fourth-order valence-corrected chi connectivity index (χ4v) is 2.74. The highest BCUT2D eigenvalue weighted by Crippen LogP contribution is 2.26. The van der Waals surface area contributed by atoms with Gasteiger partial charge in [0.25, 0.3) is 0 Å². The van der Waals surface area contributed by atoms with Gasteiger partial charge < -0.3 is 4.57 Å². The van der Waals surface area contributed by atoms with Gasteiger partial charge in [0.2, 0.25) is 0 Å². The third-order valence-corrected chi connectivity index (χ3v) is 3.95. The van der Waals surface area contributed by atoms with Gasteiger partial charge >= 0.3 is 0 Å². The second-order valence-electron chi connectivity index (χ2n) is 5.13. The second-order valence-corrected chi connectivity index (χ2v) is 5.13. The minimum atomic E-state index is 0.751. The molecule has 0 atom stereocenters. The molecule has 0 unspecified atom stereocenters. The van der Waals surface area contributed by atoms with Crippen LogP contribution in [0.5, 0.6) is 0 Å². The van der Waals surface area contributed by atoms with E-state index in [0.29, 0.717) is 0 Å². The van der Waals surface area contributed by atoms with Crippen LogP contribution in [0.2, 0.25) is 0 Å². The van der Waals surface area contributed by atoms with Gasteiger partial charge in [0.15, 0.2) is 5.65 Å². The number of nitrogens with zero attached hydrogens (tertiary/aromatic N) is 6. The smallest absolute Gasteiger partial charge is 0.168 e. The lowest BCUT2D eigenvalue weighted by Crippen LogP contribution is -2.03. The molecule has 104 valence electrons. The maximum Gasteiger partial charge on any atom is 0.168 e. The monoisotopic (exact) mass is 278 g/mol.